The van der Waals surface area contributed by atoms with E-state index in [-0.39, 0.29) is 5.41 Å². The van der Waals surface area contributed by atoms with Gasteiger partial charge in [-0.25, -0.2) is 3.11 Å². The first-order valence-electron chi connectivity index (χ1n) is 5.22. The molecule has 0 amide bonds. The van der Waals surface area contributed by atoms with Gasteiger partial charge in [0.1, 0.15) is 0 Å². The van der Waals surface area contributed by atoms with Crippen LogP contribution in [0.3, 0.4) is 0 Å². The molecule has 82 valence electrons. The summed E-state index contributed by atoms with van der Waals surface area (Å²) in [4.78, 5) is 0. The van der Waals surface area contributed by atoms with Gasteiger partial charge in [0.05, 0.1) is 0 Å². The zero-order valence-corrected chi connectivity index (χ0v) is 11.6. The Labute approximate surface area is 102 Å². The molecule has 1 rings (SSSR count). The molecule has 0 radical (unpaired) electrons. The number of hydrogen-bond donors (Lipinski definition) is 1. The van der Waals surface area contributed by atoms with E-state index in [9.17, 15) is 0 Å². The summed E-state index contributed by atoms with van der Waals surface area (Å²) in [5.74, 6) is 0.917. The third-order valence-corrected chi connectivity index (χ3v) is 3.07. The molecule has 1 saturated carbocycles. The maximum absolute atomic E-state index is 4.14. The fourth-order valence-corrected chi connectivity index (χ4v) is 2.32. The highest BCUT2D eigenvalue weighted by Gasteiger charge is 2.26. The van der Waals surface area contributed by atoms with Crippen LogP contribution >= 0.6 is 22.9 Å². The minimum atomic E-state index is 0.158. The second kappa shape index (κ2) is 4.84. The van der Waals surface area contributed by atoms with Gasteiger partial charge in [0.2, 0.25) is 0 Å². The molecule has 0 unspecified atom stereocenters. The summed E-state index contributed by atoms with van der Waals surface area (Å²) in [7, 11) is 2.09. The van der Waals surface area contributed by atoms with Crippen molar-refractivity contribution >= 4 is 22.9 Å². The molecule has 1 N–H and O–H groups in total. The van der Waals surface area contributed by atoms with E-state index >= 15 is 0 Å². The number of halogens is 1. The molecule has 3 heteroatoms. The molecule has 0 aromatic carbocycles. The fourth-order valence-electron chi connectivity index (χ4n) is 1.47. The molecule has 0 bridgehead atoms. The molecule has 0 aromatic rings. The third kappa shape index (κ3) is 4.17. The minimum Gasteiger partial charge on any atom is -0.388 e. The Morgan fingerprint density at radius 2 is 2.14 bits per heavy atom. The van der Waals surface area contributed by atoms with Gasteiger partial charge in [0.15, 0.2) is 0 Å². The first-order valence-corrected chi connectivity index (χ1v) is 6.18. The normalized spacial score (nSPS) is 17.2. The Balaban J connectivity index is 2.31. The van der Waals surface area contributed by atoms with Crippen LogP contribution in [0, 0.1) is 11.3 Å². The minimum absolute atomic E-state index is 0.158. The summed E-state index contributed by atoms with van der Waals surface area (Å²) < 4.78 is 2.18. The molecule has 0 aromatic heterocycles. The molecule has 2 nitrogen and oxygen atoms in total. The molecular formula is C11H21IN2. The summed E-state index contributed by atoms with van der Waals surface area (Å²) in [6, 6.07) is 0. The van der Waals surface area contributed by atoms with Gasteiger partial charge in [0, 0.05) is 47.1 Å². The fraction of sp³-hybridized carbons (Fsp3) is 0.818. The Bertz CT molecular complexity index is 207. The van der Waals surface area contributed by atoms with Crippen molar-refractivity contribution in [3.63, 3.8) is 0 Å². The van der Waals surface area contributed by atoms with Crippen molar-refractivity contribution in [3.8, 4) is 0 Å². The average molecular weight is 308 g/mol. The van der Waals surface area contributed by atoms with E-state index in [0.29, 0.717) is 0 Å². The summed E-state index contributed by atoms with van der Waals surface area (Å²) in [6.07, 6.45) is 2.79. The molecule has 0 heterocycles. The Kier molecular flexibility index (Phi) is 4.25. The van der Waals surface area contributed by atoms with Gasteiger partial charge in [-0.1, -0.05) is 20.4 Å². The average Bonchev–Trinajstić information content (AvgIpc) is 2.80. The van der Waals surface area contributed by atoms with Crippen LogP contribution in [0.5, 0.6) is 0 Å². The Hall–Kier alpha value is 0.230. The molecule has 0 spiro atoms. The topological polar surface area (TPSA) is 15.3 Å². The smallest absolute Gasteiger partial charge is 0.0199 e. The van der Waals surface area contributed by atoms with Crippen LogP contribution in [0.4, 0.5) is 0 Å². The Morgan fingerprint density at radius 3 is 2.57 bits per heavy atom. The van der Waals surface area contributed by atoms with Gasteiger partial charge in [0.25, 0.3) is 0 Å². The predicted molar refractivity (Wildman–Crippen MR) is 70.3 cm³/mol. The third-order valence-electron chi connectivity index (χ3n) is 2.73. The van der Waals surface area contributed by atoms with Crippen molar-refractivity contribution in [2.75, 3.05) is 20.1 Å². The van der Waals surface area contributed by atoms with E-state index in [1.807, 2.05) is 0 Å². The van der Waals surface area contributed by atoms with E-state index in [1.165, 1.54) is 18.5 Å². The highest BCUT2D eigenvalue weighted by atomic mass is 127. The number of nitrogens with one attached hydrogen (secondary N) is 1. The lowest BCUT2D eigenvalue weighted by Crippen LogP contribution is -2.34. The zero-order chi connectivity index (χ0) is 10.8. The lowest BCUT2D eigenvalue weighted by molar-refractivity contribution is 0.347. The van der Waals surface area contributed by atoms with Gasteiger partial charge in [-0.15, -0.1) is 0 Å². The quantitative estimate of drug-likeness (QED) is 0.599. The maximum Gasteiger partial charge on any atom is 0.0199 e. The molecule has 1 aliphatic carbocycles. The molecule has 0 aliphatic heterocycles. The lowest BCUT2D eigenvalue weighted by Gasteiger charge is -2.30. The standard InChI is InChI=1S/C11H21IN2/c1-9(13-7-10-5-6-10)11(2,3)8-14(4)12/h10,13H,1,5-8H2,2-4H3. The van der Waals surface area contributed by atoms with Gasteiger partial charge < -0.3 is 5.32 Å². The molecule has 14 heavy (non-hydrogen) atoms. The van der Waals surface area contributed by atoms with Crippen LogP contribution in [0.25, 0.3) is 0 Å². The van der Waals surface area contributed by atoms with Crippen molar-refractivity contribution in [1.29, 1.82) is 0 Å². The van der Waals surface area contributed by atoms with Gasteiger partial charge >= 0.3 is 0 Å². The van der Waals surface area contributed by atoms with Crippen LogP contribution < -0.4 is 5.32 Å². The molecule has 0 atom stereocenters. The van der Waals surface area contributed by atoms with Crippen molar-refractivity contribution in [3.05, 3.63) is 12.3 Å². The largest absolute Gasteiger partial charge is 0.388 e. The van der Waals surface area contributed by atoms with Crippen LogP contribution in [-0.4, -0.2) is 23.3 Å². The molecule has 0 saturated heterocycles. The van der Waals surface area contributed by atoms with E-state index in [1.54, 1.807) is 0 Å². The highest BCUT2D eigenvalue weighted by Crippen LogP contribution is 2.30. The highest BCUT2D eigenvalue weighted by molar-refractivity contribution is 14.1. The van der Waals surface area contributed by atoms with Gasteiger partial charge in [-0.05, 0) is 25.8 Å². The SMILES string of the molecule is C=C(NCC1CC1)C(C)(C)CN(C)I. The monoisotopic (exact) mass is 308 g/mol. The molecule has 1 aliphatic rings. The van der Waals surface area contributed by atoms with Crippen LogP contribution in [0.15, 0.2) is 12.3 Å². The maximum atomic E-state index is 4.14. The zero-order valence-electron chi connectivity index (χ0n) is 9.44. The molecular weight excluding hydrogens is 287 g/mol. The summed E-state index contributed by atoms with van der Waals surface area (Å²) in [5, 5.41) is 3.47. The van der Waals surface area contributed by atoms with Crippen molar-refractivity contribution < 1.29 is 0 Å². The number of nitrogens with zero attached hydrogens (tertiary/aromatic N) is 1. The van der Waals surface area contributed by atoms with Crippen LogP contribution in [0.2, 0.25) is 0 Å². The van der Waals surface area contributed by atoms with Crippen LogP contribution in [0.1, 0.15) is 26.7 Å². The second-order valence-electron chi connectivity index (χ2n) is 4.95. The van der Waals surface area contributed by atoms with E-state index in [0.717, 1.165) is 19.0 Å². The summed E-state index contributed by atoms with van der Waals surface area (Å²) >= 11 is 2.32. The number of rotatable bonds is 6. The summed E-state index contributed by atoms with van der Waals surface area (Å²) in [6.45, 7) is 10.8. The Morgan fingerprint density at radius 1 is 1.57 bits per heavy atom. The van der Waals surface area contributed by atoms with E-state index in [4.69, 9.17) is 0 Å². The van der Waals surface area contributed by atoms with Crippen LogP contribution in [-0.2, 0) is 0 Å². The lowest BCUT2D eigenvalue weighted by atomic mass is 9.90. The summed E-state index contributed by atoms with van der Waals surface area (Å²) in [5.41, 5.74) is 1.33. The van der Waals surface area contributed by atoms with Gasteiger partial charge in [-0.3, -0.25) is 0 Å². The van der Waals surface area contributed by atoms with E-state index < -0.39 is 0 Å². The van der Waals surface area contributed by atoms with Gasteiger partial charge in [-0.2, -0.15) is 0 Å². The predicted octanol–water partition coefficient (Wildman–Crippen LogP) is 2.81. The number of hydrogen-bond acceptors (Lipinski definition) is 2. The van der Waals surface area contributed by atoms with Crippen molar-refractivity contribution in [2.45, 2.75) is 26.7 Å². The second-order valence-corrected chi connectivity index (χ2v) is 6.60. The van der Waals surface area contributed by atoms with E-state index in [2.05, 4.69) is 58.8 Å². The van der Waals surface area contributed by atoms with Crippen molar-refractivity contribution in [2.24, 2.45) is 11.3 Å². The first kappa shape index (κ1) is 12.3. The molecule has 1 fully saturated rings. The van der Waals surface area contributed by atoms with Crippen molar-refractivity contribution in [1.82, 2.24) is 8.43 Å². The first-order chi connectivity index (χ1) is 6.42.